The summed E-state index contributed by atoms with van der Waals surface area (Å²) in [4.78, 5) is 30.8. The predicted molar refractivity (Wildman–Crippen MR) is 128 cm³/mol. The van der Waals surface area contributed by atoms with Gasteiger partial charge in [-0.25, -0.2) is 17.7 Å². The number of benzene rings is 2. The van der Waals surface area contributed by atoms with Gasteiger partial charge in [0.25, 0.3) is 21.8 Å². The Labute approximate surface area is 201 Å². The summed E-state index contributed by atoms with van der Waals surface area (Å²) in [6.45, 7) is 6.05. The molecule has 0 radical (unpaired) electrons. The van der Waals surface area contributed by atoms with Gasteiger partial charge >= 0.3 is 0 Å². The number of aromatic nitrogens is 1. The lowest BCUT2D eigenvalue weighted by atomic mass is 9.87. The summed E-state index contributed by atoms with van der Waals surface area (Å²) in [5.74, 6) is -2.35. The zero-order chi connectivity index (χ0) is 25.0. The standard InChI is InChI=1S/C24H21ClFN3O4S/c1-24(2,3)14-5-7-17(8-6-14)34(32,33)28(4)19-10-9-18(25)20-21(19)23(31)29(22(20)30)16-11-15(26)12-27-13-16/h5-13H,1-4H3. The number of pyridine rings is 1. The molecule has 0 bridgehead atoms. The van der Waals surface area contributed by atoms with Crippen molar-refractivity contribution in [2.75, 3.05) is 16.3 Å². The topological polar surface area (TPSA) is 87.7 Å². The van der Waals surface area contributed by atoms with E-state index in [4.69, 9.17) is 11.6 Å². The van der Waals surface area contributed by atoms with E-state index >= 15 is 0 Å². The van der Waals surface area contributed by atoms with Crippen LogP contribution in [0.3, 0.4) is 0 Å². The summed E-state index contributed by atoms with van der Waals surface area (Å²) in [5, 5.41) is -0.0238. The van der Waals surface area contributed by atoms with Gasteiger partial charge in [-0.1, -0.05) is 44.5 Å². The number of halogens is 2. The Morgan fingerprint density at radius 2 is 1.59 bits per heavy atom. The molecule has 4 rings (SSSR count). The molecule has 0 atom stereocenters. The van der Waals surface area contributed by atoms with Crippen molar-refractivity contribution >= 4 is 44.8 Å². The van der Waals surface area contributed by atoms with Crippen molar-refractivity contribution in [3.63, 3.8) is 0 Å². The number of nitrogens with zero attached hydrogens (tertiary/aromatic N) is 3. The van der Waals surface area contributed by atoms with Gasteiger partial charge in [0, 0.05) is 13.1 Å². The highest BCUT2D eigenvalue weighted by molar-refractivity contribution is 7.92. The summed E-state index contributed by atoms with van der Waals surface area (Å²) in [6.07, 6.45) is 2.10. The second kappa shape index (κ2) is 8.18. The van der Waals surface area contributed by atoms with E-state index in [2.05, 4.69) is 4.98 Å². The van der Waals surface area contributed by atoms with Gasteiger partial charge in [-0.2, -0.15) is 0 Å². The molecule has 0 fully saturated rings. The SMILES string of the molecule is CN(c1ccc(Cl)c2c1C(=O)N(c1cncc(F)c1)C2=O)S(=O)(=O)c1ccc(C(C)(C)C)cc1. The van der Waals surface area contributed by atoms with E-state index < -0.39 is 27.7 Å². The van der Waals surface area contributed by atoms with Crippen molar-refractivity contribution in [2.24, 2.45) is 0 Å². The van der Waals surface area contributed by atoms with Crippen LogP contribution in [-0.2, 0) is 15.4 Å². The average Bonchev–Trinajstić information content (AvgIpc) is 3.04. The van der Waals surface area contributed by atoms with E-state index in [0.717, 1.165) is 33.2 Å². The van der Waals surface area contributed by atoms with Crippen LogP contribution in [0.15, 0.2) is 59.8 Å². The van der Waals surface area contributed by atoms with E-state index in [1.54, 1.807) is 12.1 Å². The Bertz CT molecular complexity index is 1430. The molecule has 1 aliphatic heterocycles. The summed E-state index contributed by atoms with van der Waals surface area (Å²) in [5.41, 5.74) is 0.355. The molecule has 2 amide bonds. The first-order chi connectivity index (χ1) is 15.8. The second-order valence-corrected chi connectivity index (χ2v) is 11.2. The number of rotatable bonds is 4. The minimum atomic E-state index is -4.08. The number of hydrogen-bond donors (Lipinski definition) is 0. The Morgan fingerprint density at radius 3 is 2.18 bits per heavy atom. The minimum Gasteiger partial charge on any atom is -0.269 e. The van der Waals surface area contributed by atoms with Crippen LogP contribution < -0.4 is 9.21 Å². The third-order valence-electron chi connectivity index (χ3n) is 5.63. The molecular formula is C24H21ClFN3O4S. The largest absolute Gasteiger partial charge is 0.269 e. The maximum atomic E-state index is 13.7. The van der Waals surface area contributed by atoms with Gasteiger partial charge in [-0.05, 0) is 35.2 Å². The van der Waals surface area contributed by atoms with E-state index in [-0.39, 0.29) is 37.8 Å². The smallest absolute Gasteiger partial charge is 0.268 e. The summed E-state index contributed by atoms with van der Waals surface area (Å²) in [7, 11) is -2.79. The van der Waals surface area contributed by atoms with Crippen LogP contribution in [0.25, 0.3) is 0 Å². The first kappa shape index (κ1) is 23.8. The Hall–Kier alpha value is -3.30. The highest BCUT2D eigenvalue weighted by Crippen LogP contribution is 2.39. The number of carbonyl (C=O) groups is 2. The number of anilines is 2. The third-order valence-corrected chi connectivity index (χ3v) is 7.73. The molecule has 34 heavy (non-hydrogen) atoms. The lowest BCUT2D eigenvalue weighted by Gasteiger charge is -2.23. The molecular weight excluding hydrogens is 481 g/mol. The summed E-state index contributed by atoms with van der Waals surface area (Å²) in [6, 6.07) is 10.2. The van der Waals surface area contributed by atoms with Crippen LogP contribution in [0.4, 0.5) is 15.8 Å². The lowest BCUT2D eigenvalue weighted by Crippen LogP contribution is -2.31. The molecule has 0 saturated carbocycles. The number of sulfonamides is 1. The molecule has 0 saturated heterocycles. The second-order valence-electron chi connectivity index (χ2n) is 8.87. The van der Waals surface area contributed by atoms with E-state index in [0.29, 0.717) is 0 Å². The van der Waals surface area contributed by atoms with Crippen LogP contribution in [0, 0.1) is 5.82 Å². The fourth-order valence-electron chi connectivity index (χ4n) is 3.74. The Kier molecular flexibility index (Phi) is 5.73. The molecule has 0 unspecified atom stereocenters. The third kappa shape index (κ3) is 3.84. The normalized spacial score (nSPS) is 13.9. The van der Waals surface area contributed by atoms with Crippen LogP contribution in [0.1, 0.15) is 47.1 Å². The highest BCUT2D eigenvalue weighted by Gasteiger charge is 2.42. The van der Waals surface area contributed by atoms with Crippen LogP contribution in [0.2, 0.25) is 5.02 Å². The predicted octanol–water partition coefficient (Wildman–Crippen LogP) is 4.80. The molecule has 1 aromatic heterocycles. The van der Waals surface area contributed by atoms with Gasteiger partial charge in [0.1, 0.15) is 5.82 Å². The molecule has 3 aromatic rings. The number of carbonyl (C=O) groups excluding carboxylic acids is 2. The monoisotopic (exact) mass is 501 g/mol. The first-order valence-corrected chi connectivity index (χ1v) is 12.1. The van der Waals surface area contributed by atoms with Gasteiger partial charge < -0.3 is 0 Å². The number of hydrogen-bond acceptors (Lipinski definition) is 5. The molecule has 0 aliphatic carbocycles. The fourth-order valence-corrected chi connectivity index (χ4v) is 5.19. The van der Waals surface area contributed by atoms with Crippen molar-refractivity contribution in [1.82, 2.24) is 4.98 Å². The van der Waals surface area contributed by atoms with Crippen molar-refractivity contribution in [1.29, 1.82) is 0 Å². The molecule has 10 heteroatoms. The molecule has 1 aliphatic rings. The average molecular weight is 502 g/mol. The molecule has 7 nitrogen and oxygen atoms in total. The fraction of sp³-hybridized carbons (Fsp3) is 0.208. The molecule has 176 valence electrons. The quantitative estimate of drug-likeness (QED) is 0.479. The lowest BCUT2D eigenvalue weighted by molar-refractivity contribution is 0.0926. The summed E-state index contributed by atoms with van der Waals surface area (Å²) < 4.78 is 41.4. The molecule has 2 heterocycles. The Balaban J connectivity index is 1.80. The number of amides is 2. The van der Waals surface area contributed by atoms with E-state index in [1.807, 2.05) is 20.8 Å². The van der Waals surface area contributed by atoms with Gasteiger partial charge in [-0.3, -0.25) is 18.9 Å². The maximum Gasteiger partial charge on any atom is 0.268 e. The summed E-state index contributed by atoms with van der Waals surface area (Å²) >= 11 is 6.22. The number of fused-ring (bicyclic) bond motifs is 1. The highest BCUT2D eigenvalue weighted by atomic mass is 35.5. The molecule has 2 aromatic carbocycles. The van der Waals surface area contributed by atoms with Gasteiger partial charge in [-0.15, -0.1) is 0 Å². The Morgan fingerprint density at radius 1 is 0.971 bits per heavy atom. The maximum absolute atomic E-state index is 13.7. The van der Waals surface area contributed by atoms with Crippen molar-refractivity contribution in [2.45, 2.75) is 31.1 Å². The van der Waals surface area contributed by atoms with Gasteiger partial charge in [0.2, 0.25) is 0 Å². The van der Waals surface area contributed by atoms with Crippen LogP contribution >= 0.6 is 11.6 Å². The van der Waals surface area contributed by atoms with Gasteiger partial charge in [0.05, 0.1) is 44.8 Å². The van der Waals surface area contributed by atoms with Crippen LogP contribution in [0.5, 0.6) is 0 Å². The molecule has 0 spiro atoms. The minimum absolute atomic E-state index is 0.0228. The number of imide groups is 1. The molecule has 0 N–H and O–H groups in total. The van der Waals surface area contributed by atoms with Crippen molar-refractivity contribution in [3.8, 4) is 0 Å². The van der Waals surface area contributed by atoms with E-state index in [1.165, 1.54) is 31.3 Å². The first-order valence-electron chi connectivity index (χ1n) is 10.3. The van der Waals surface area contributed by atoms with Crippen LogP contribution in [-0.4, -0.2) is 32.3 Å². The van der Waals surface area contributed by atoms with Crippen molar-refractivity contribution < 1.29 is 22.4 Å². The van der Waals surface area contributed by atoms with E-state index in [9.17, 15) is 22.4 Å². The van der Waals surface area contributed by atoms with Gasteiger partial charge in [0.15, 0.2) is 0 Å². The zero-order valence-electron chi connectivity index (χ0n) is 18.8. The zero-order valence-corrected chi connectivity index (χ0v) is 20.4. The van der Waals surface area contributed by atoms with Crippen molar-refractivity contribution in [3.05, 3.63) is 82.4 Å².